The maximum atomic E-state index is 12.1. The summed E-state index contributed by atoms with van der Waals surface area (Å²) < 4.78 is 3.80. The van der Waals surface area contributed by atoms with Gasteiger partial charge in [0.1, 0.15) is 10.9 Å². The third kappa shape index (κ3) is 2.84. The second kappa shape index (κ2) is 5.90. The molecule has 2 heterocycles. The number of aromatic nitrogens is 2. The molecule has 0 saturated carbocycles. The van der Waals surface area contributed by atoms with E-state index in [2.05, 4.69) is 20.2 Å². The highest BCUT2D eigenvalue weighted by atomic mass is 32.1. The van der Waals surface area contributed by atoms with Gasteiger partial charge in [0.15, 0.2) is 0 Å². The molecule has 18 heavy (non-hydrogen) atoms. The van der Waals surface area contributed by atoms with Crippen molar-refractivity contribution in [3.8, 4) is 0 Å². The molecule has 2 rings (SSSR count). The zero-order valence-corrected chi connectivity index (χ0v) is 11.0. The van der Waals surface area contributed by atoms with E-state index in [4.69, 9.17) is 0 Å². The minimum Gasteiger partial charge on any atom is -0.354 e. The second-order valence-electron chi connectivity index (χ2n) is 4.26. The fourth-order valence-corrected chi connectivity index (χ4v) is 2.53. The van der Waals surface area contributed by atoms with Gasteiger partial charge in [0, 0.05) is 6.54 Å². The standard InChI is InChI=1S/C11H16N4O2S/c1-2-4-7-9(18-15-14-7)11(17)13-8-5-3-6-12-10(8)16/h8H,2-6H2,1H3,(H,12,16)(H,13,17). The molecule has 0 radical (unpaired) electrons. The summed E-state index contributed by atoms with van der Waals surface area (Å²) in [7, 11) is 0. The Balaban J connectivity index is 2.02. The Hall–Kier alpha value is -1.50. The molecule has 0 aromatic carbocycles. The number of piperidine rings is 1. The molecule has 6 nitrogen and oxygen atoms in total. The number of carbonyl (C=O) groups is 2. The highest BCUT2D eigenvalue weighted by Gasteiger charge is 2.25. The number of hydrogen-bond donors (Lipinski definition) is 2. The topological polar surface area (TPSA) is 84.0 Å². The lowest BCUT2D eigenvalue weighted by Crippen LogP contribution is -2.50. The molecule has 1 atom stereocenters. The summed E-state index contributed by atoms with van der Waals surface area (Å²) in [4.78, 5) is 24.1. The summed E-state index contributed by atoms with van der Waals surface area (Å²) >= 11 is 1.08. The van der Waals surface area contributed by atoms with E-state index in [1.807, 2.05) is 6.92 Å². The molecule has 2 amide bonds. The lowest BCUT2D eigenvalue weighted by molar-refractivity contribution is -0.124. The SMILES string of the molecule is CCCc1nnsc1C(=O)NC1CCCNC1=O. The van der Waals surface area contributed by atoms with E-state index < -0.39 is 6.04 Å². The lowest BCUT2D eigenvalue weighted by Gasteiger charge is -2.22. The van der Waals surface area contributed by atoms with Crippen LogP contribution in [0, 0.1) is 0 Å². The summed E-state index contributed by atoms with van der Waals surface area (Å²) in [6.07, 6.45) is 3.22. The summed E-state index contributed by atoms with van der Waals surface area (Å²) in [5.74, 6) is -0.348. The van der Waals surface area contributed by atoms with Gasteiger partial charge in [-0.15, -0.1) is 5.10 Å². The molecule has 98 valence electrons. The van der Waals surface area contributed by atoms with Crippen LogP contribution < -0.4 is 10.6 Å². The van der Waals surface area contributed by atoms with E-state index in [9.17, 15) is 9.59 Å². The Morgan fingerprint density at radius 3 is 3.17 bits per heavy atom. The molecular weight excluding hydrogens is 252 g/mol. The van der Waals surface area contributed by atoms with Gasteiger partial charge in [-0.1, -0.05) is 17.8 Å². The highest BCUT2D eigenvalue weighted by molar-refractivity contribution is 7.08. The predicted molar refractivity (Wildman–Crippen MR) is 67.4 cm³/mol. The Morgan fingerprint density at radius 2 is 2.44 bits per heavy atom. The molecule has 1 fully saturated rings. The van der Waals surface area contributed by atoms with Crippen molar-refractivity contribution in [2.45, 2.75) is 38.6 Å². The quantitative estimate of drug-likeness (QED) is 0.833. The van der Waals surface area contributed by atoms with Crippen molar-refractivity contribution in [3.63, 3.8) is 0 Å². The zero-order chi connectivity index (χ0) is 13.0. The number of nitrogens with one attached hydrogen (secondary N) is 2. The van der Waals surface area contributed by atoms with Crippen LogP contribution in [0.5, 0.6) is 0 Å². The summed E-state index contributed by atoms with van der Waals surface area (Å²) in [5.41, 5.74) is 0.719. The molecule has 1 aromatic heterocycles. The van der Waals surface area contributed by atoms with E-state index in [1.165, 1.54) is 0 Å². The van der Waals surface area contributed by atoms with Crippen molar-refractivity contribution in [3.05, 3.63) is 10.6 Å². The van der Waals surface area contributed by atoms with Gasteiger partial charge in [0.2, 0.25) is 5.91 Å². The first-order valence-corrected chi connectivity index (χ1v) is 6.89. The van der Waals surface area contributed by atoms with Crippen LogP contribution in [0.1, 0.15) is 41.6 Å². The van der Waals surface area contributed by atoms with Crippen molar-refractivity contribution in [1.29, 1.82) is 0 Å². The minimum absolute atomic E-state index is 0.107. The Kier molecular flexibility index (Phi) is 4.24. The van der Waals surface area contributed by atoms with E-state index >= 15 is 0 Å². The Bertz CT molecular complexity index is 446. The maximum absolute atomic E-state index is 12.1. The van der Waals surface area contributed by atoms with Crippen LogP contribution in [0.2, 0.25) is 0 Å². The number of nitrogens with zero attached hydrogens (tertiary/aromatic N) is 2. The Labute approximate surface area is 109 Å². The third-order valence-corrected chi connectivity index (χ3v) is 3.61. The molecule has 1 aliphatic rings. The van der Waals surface area contributed by atoms with Crippen LogP contribution >= 0.6 is 11.5 Å². The monoisotopic (exact) mass is 268 g/mol. The number of hydrogen-bond acceptors (Lipinski definition) is 5. The van der Waals surface area contributed by atoms with E-state index in [0.29, 0.717) is 17.8 Å². The molecule has 1 aromatic rings. The molecule has 0 aliphatic carbocycles. The highest BCUT2D eigenvalue weighted by Crippen LogP contribution is 2.13. The van der Waals surface area contributed by atoms with Crippen LogP contribution in [-0.2, 0) is 11.2 Å². The van der Waals surface area contributed by atoms with Gasteiger partial charge in [0.05, 0.1) is 5.69 Å². The first-order chi connectivity index (χ1) is 8.72. The van der Waals surface area contributed by atoms with Crippen molar-refractivity contribution < 1.29 is 9.59 Å². The number of amides is 2. The fourth-order valence-electron chi connectivity index (χ4n) is 1.92. The third-order valence-electron chi connectivity index (χ3n) is 2.84. The minimum atomic E-state index is -0.428. The van der Waals surface area contributed by atoms with Crippen LogP contribution in [0.25, 0.3) is 0 Å². The lowest BCUT2D eigenvalue weighted by atomic mass is 10.1. The largest absolute Gasteiger partial charge is 0.354 e. The average Bonchev–Trinajstić information content (AvgIpc) is 2.81. The average molecular weight is 268 g/mol. The van der Waals surface area contributed by atoms with E-state index in [-0.39, 0.29) is 11.8 Å². The van der Waals surface area contributed by atoms with Gasteiger partial charge >= 0.3 is 0 Å². The first-order valence-electron chi connectivity index (χ1n) is 6.12. The molecule has 0 bridgehead atoms. The molecule has 0 spiro atoms. The molecule has 2 N–H and O–H groups in total. The van der Waals surface area contributed by atoms with Crippen molar-refractivity contribution in [2.24, 2.45) is 0 Å². The Morgan fingerprint density at radius 1 is 1.61 bits per heavy atom. The van der Waals surface area contributed by atoms with Crippen LogP contribution in [0.3, 0.4) is 0 Å². The van der Waals surface area contributed by atoms with Crippen LogP contribution in [-0.4, -0.2) is 34.0 Å². The van der Waals surface area contributed by atoms with E-state index in [1.54, 1.807) is 0 Å². The molecule has 1 saturated heterocycles. The molecule has 1 aliphatic heterocycles. The van der Waals surface area contributed by atoms with Crippen molar-refractivity contribution >= 4 is 23.3 Å². The maximum Gasteiger partial charge on any atom is 0.265 e. The molecular formula is C11H16N4O2S. The number of rotatable bonds is 4. The van der Waals surface area contributed by atoms with Crippen LogP contribution in [0.4, 0.5) is 0 Å². The van der Waals surface area contributed by atoms with Gasteiger partial charge in [-0.25, -0.2) is 0 Å². The molecule has 7 heteroatoms. The first kappa shape index (κ1) is 12.9. The molecule has 1 unspecified atom stereocenters. The second-order valence-corrected chi connectivity index (χ2v) is 5.01. The van der Waals surface area contributed by atoms with Gasteiger partial charge in [-0.3, -0.25) is 9.59 Å². The normalized spacial score (nSPS) is 19.4. The van der Waals surface area contributed by atoms with Gasteiger partial charge in [0.25, 0.3) is 5.91 Å². The van der Waals surface area contributed by atoms with Gasteiger partial charge in [-0.2, -0.15) is 0 Å². The van der Waals surface area contributed by atoms with Gasteiger partial charge in [-0.05, 0) is 30.8 Å². The number of aryl methyl sites for hydroxylation is 1. The predicted octanol–water partition coefficient (Wildman–Crippen LogP) is 0.499. The summed E-state index contributed by atoms with van der Waals surface area (Å²) in [6, 6.07) is -0.428. The van der Waals surface area contributed by atoms with Gasteiger partial charge < -0.3 is 10.6 Å². The summed E-state index contributed by atoms with van der Waals surface area (Å²) in [6.45, 7) is 2.71. The smallest absolute Gasteiger partial charge is 0.265 e. The summed E-state index contributed by atoms with van der Waals surface area (Å²) in [5, 5.41) is 9.44. The fraction of sp³-hybridized carbons (Fsp3) is 0.636. The van der Waals surface area contributed by atoms with E-state index in [0.717, 1.165) is 36.5 Å². The van der Waals surface area contributed by atoms with Crippen molar-refractivity contribution in [1.82, 2.24) is 20.2 Å². The number of carbonyl (C=O) groups excluding carboxylic acids is 2. The van der Waals surface area contributed by atoms with Crippen LogP contribution in [0.15, 0.2) is 0 Å². The van der Waals surface area contributed by atoms with Crippen molar-refractivity contribution in [2.75, 3.05) is 6.54 Å². The zero-order valence-electron chi connectivity index (χ0n) is 10.2.